The molecule has 0 aliphatic carbocycles. The lowest BCUT2D eigenvalue weighted by Gasteiger charge is -2.13. The highest BCUT2D eigenvalue weighted by atomic mass is 35.5. The van der Waals surface area contributed by atoms with Crippen LogP contribution in [0.5, 0.6) is 5.75 Å². The maximum Gasteiger partial charge on any atom is 0.319 e. The van der Waals surface area contributed by atoms with Crippen LogP contribution in [0.2, 0.25) is 10.0 Å². The average Bonchev–Trinajstić information content (AvgIpc) is 3.04. The minimum absolute atomic E-state index is 0.0713. The van der Waals surface area contributed by atoms with Crippen molar-refractivity contribution in [2.75, 3.05) is 11.9 Å². The molecule has 0 bridgehead atoms. The molecule has 0 saturated heterocycles. The van der Waals surface area contributed by atoms with Crippen LogP contribution in [0.3, 0.4) is 0 Å². The Hall–Kier alpha value is -1.95. The predicted octanol–water partition coefficient (Wildman–Crippen LogP) is 5.28. The van der Waals surface area contributed by atoms with E-state index < -0.39 is 0 Å². The maximum atomic E-state index is 12.1. The Kier molecular flexibility index (Phi) is 5.14. The summed E-state index contributed by atoms with van der Waals surface area (Å²) >= 11 is 14.0. The summed E-state index contributed by atoms with van der Waals surface area (Å²) in [6, 6.07) is 9.96. The minimum Gasteiger partial charge on any atom is -0.508 e. The van der Waals surface area contributed by atoms with E-state index in [0.717, 1.165) is 6.42 Å². The highest BCUT2D eigenvalue weighted by Crippen LogP contribution is 2.37. The second-order valence-electron chi connectivity index (χ2n) is 5.16. The largest absolute Gasteiger partial charge is 0.508 e. The van der Waals surface area contributed by atoms with Crippen LogP contribution in [0, 0.1) is 0 Å². The number of halogens is 2. The molecule has 0 atom stereocenters. The van der Waals surface area contributed by atoms with E-state index in [9.17, 15) is 9.90 Å². The lowest BCUT2D eigenvalue weighted by molar-refractivity contribution is 0.252. The fraction of sp³-hybridized carbons (Fsp3) is 0.118. The van der Waals surface area contributed by atoms with E-state index in [1.807, 2.05) is 17.5 Å². The van der Waals surface area contributed by atoms with Gasteiger partial charge in [0, 0.05) is 22.2 Å². The Bertz CT molecular complexity index is 882. The zero-order valence-corrected chi connectivity index (χ0v) is 14.8. The van der Waals surface area contributed by atoms with Crippen molar-refractivity contribution in [1.29, 1.82) is 0 Å². The number of carbonyl (C=O) groups excluding carboxylic acids is 1. The maximum absolute atomic E-state index is 12.1. The van der Waals surface area contributed by atoms with Crippen molar-refractivity contribution >= 4 is 57.0 Å². The number of nitrogens with one attached hydrogen (secondary N) is 2. The first kappa shape index (κ1) is 16.9. The Labute approximate surface area is 153 Å². The molecule has 3 aromatic rings. The lowest BCUT2D eigenvalue weighted by Crippen LogP contribution is -2.30. The summed E-state index contributed by atoms with van der Waals surface area (Å²) < 4.78 is 0. The van der Waals surface area contributed by atoms with Gasteiger partial charge in [0.15, 0.2) is 0 Å². The second-order valence-corrected chi connectivity index (χ2v) is 7.00. The number of thiophene rings is 1. The number of fused-ring (bicyclic) bond motifs is 1. The highest BCUT2D eigenvalue weighted by Gasteiger charge is 2.13. The van der Waals surface area contributed by atoms with Gasteiger partial charge in [-0.15, -0.1) is 11.3 Å². The summed E-state index contributed by atoms with van der Waals surface area (Å²) in [7, 11) is 0. The quantitative estimate of drug-likeness (QED) is 0.576. The molecule has 4 nitrogen and oxygen atoms in total. The first-order chi connectivity index (χ1) is 11.5. The molecule has 0 fully saturated rings. The third kappa shape index (κ3) is 3.75. The number of hydrogen-bond acceptors (Lipinski definition) is 3. The first-order valence-corrected chi connectivity index (χ1v) is 8.86. The van der Waals surface area contributed by atoms with Crippen LogP contribution in [0.1, 0.15) is 4.88 Å². The van der Waals surface area contributed by atoms with Gasteiger partial charge in [-0.1, -0.05) is 29.3 Å². The second kappa shape index (κ2) is 7.30. The van der Waals surface area contributed by atoms with Crippen molar-refractivity contribution < 1.29 is 9.90 Å². The van der Waals surface area contributed by atoms with Crippen molar-refractivity contribution in [3.05, 3.63) is 56.7 Å². The van der Waals surface area contributed by atoms with Gasteiger partial charge in [0.1, 0.15) is 5.75 Å². The first-order valence-electron chi connectivity index (χ1n) is 7.22. The van der Waals surface area contributed by atoms with Crippen molar-refractivity contribution in [2.45, 2.75) is 6.42 Å². The van der Waals surface area contributed by atoms with Crippen molar-refractivity contribution in [3.63, 3.8) is 0 Å². The lowest BCUT2D eigenvalue weighted by atomic mass is 10.1. The fourth-order valence-electron chi connectivity index (χ4n) is 2.38. The van der Waals surface area contributed by atoms with E-state index in [2.05, 4.69) is 10.6 Å². The fourth-order valence-corrected chi connectivity index (χ4v) is 3.67. The third-order valence-corrected chi connectivity index (χ3v) is 5.04. The van der Waals surface area contributed by atoms with Gasteiger partial charge in [0.2, 0.25) is 0 Å². The number of urea groups is 1. The van der Waals surface area contributed by atoms with Crippen LogP contribution >= 0.6 is 34.5 Å². The topological polar surface area (TPSA) is 61.4 Å². The summed E-state index contributed by atoms with van der Waals surface area (Å²) in [6.45, 7) is 0.515. The van der Waals surface area contributed by atoms with Crippen molar-refractivity contribution in [3.8, 4) is 5.75 Å². The van der Waals surface area contributed by atoms with E-state index >= 15 is 0 Å². The molecule has 1 aromatic heterocycles. The van der Waals surface area contributed by atoms with E-state index in [4.69, 9.17) is 23.2 Å². The molecule has 2 amide bonds. The Morgan fingerprint density at radius 3 is 2.71 bits per heavy atom. The molecule has 2 aromatic carbocycles. The Balaban J connectivity index is 1.76. The number of aromatic hydroxyl groups is 1. The monoisotopic (exact) mass is 380 g/mol. The highest BCUT2D eigenvalue weighted by molar-refractivity contribution is 7.09. The van der Waals surface area contributed by atoms with Crippen molar-refractivity contribution in [2.24, 2.45) is 0 Å². The van der Waals surface area contributed by atoms with Crippen molar-refractivity contribution in [1.82, 2.24) is 5.32 Å². The molecule has 0 saturated carbocycles. The van der Waals surface area contributed by atoms with E-state index in [1.165, 1.54) is 17.0 Å². The third-order valence-electron chi connectivity index (χ3n) is 3.50. The van der Waals surface area contributed by atoms with Crippen LogP contribution in [0.4, 0.5) is 10.5 Å². The summed E-state index contributed by atoms with van der Waals surface area (Å²) in [5, 5.41) is 19.3. The SMILES string of the molecule is O=C(NCCc1cccs1)Nc1c(Cl)cc(Cl)c2ccc(O)cc12. The number of carbonyl (C=O) groups is 1. The smallest absolute Gasteiger partial charge is 0.319 e. The van der Waals surface area contributed by atoms with E-state index in [-0.39, 0.29) is 11.8 Å². The number of anilines is 1. The number of hydrogen-bond donors (Lipinski definition) is 3. The minimum atomic E-state index is -0.361. The predicted molar refractivity (Wildman–Crippen MR) is 101 cm³/mol. The number of amides is 2. The van der Waals surface area contributed by atoms with Gasteiger partial charge in [-0.25, -0.2) is 4.79 Å². The van der Waals surface area contributed by atoms with E-state index in [0.29, 0.717) is 33.0 Å². The Morgan fingerprint density at radius 2 is 1.96 bits per heavy atom. The standard InChI is InChI=1S/C17H14Cl2N2O2S/c18-14-9-15(19)16(13-8-10(22)3-4-12(13)14)21-17(23)20-6-5-11-2-1-7-24-11/h1-4,7-9,22H,5-6H2,(H2,20,21,23). The number of benzene rings is 2. The molecule has 1 heterocycles. The number of rotatable bonds is 4. The summed E-state index contributed by atoms with van der Waals surface area (Å²) in [5.74, 6) is 0.0713. The van der Waals surface area contributed by atoms with E-state index in [1.54, 1.807) is 23.5 Å². The van der Waals surface area contributed by atoms with Gasteiger partial charge >= 0.3 is 6.03 Å². The van der Waals surface area contributed by atoms with Crippen LogP contribution in [-0.2, 0) is 6.42 Å². The Morgan fingerprint density at radius 1 is 1.12 bits per heavy atom. The van der Waals surface area contributed by atoms with Gasteiger partial charge in [-0.2, -0.15) is 0 Å². The van der Waals surface area contributed by atoms with Gasteiger partial charge in [0.05, 0.1) is 15.7 Å². The van der Waals surface area contributed by atoms with Gasteiger partial charge in [-0.05, 0) is 42.1 Å². The van der Waals surface area contributed by atoms with Gasteiger partial charge in [-0.3, -0.25) is 0 Å². The molecule has 0 radical (unpaired) electrons. The molecule has 3 rings (SSSR count). The number of phenols is 1. The molecular formula is C17H14Cl2N2O2S. The zero-order chi connectivity index (χ0) is 17.1. The normalized spacial score (nSPS) is 10.8. The summed E-state index contributed by atoms with van der Waals surface area (Å²) in [6.07, 6.45) is 0.765. The molecule has 0 unspecified atom stereocenters. The molecule has 124 valence electrons. The average molecular weight is 381 g/mol. The van der Waals surface area contributed by atoms with Crippen LogP contribution in [-0.4, -0.2) is 17.7 Å². The summed E-state index contributed by atoms with van der Waals surface area (Å²) in [5.41, 5.74) is 0.417. The number of phenolic OH excluding ortho intramolecular Hbond substituents is 1. The van der Waals surface area contributed by atoms with Crippen LogP contribution < -0.4 is 10.6 Å². The molecular weight excluding hydrogens is 367 g/mol. The van der Waals surface area contributed by atoms with Crippen LogP contribution in [0.15, 0.2) is 41.8 Å². The molecule has 0 spiro atoms. The summed E-state index contributed by atoms with van der Waals surface area (Å²) in [4.78, 5) is 13.3. The van der Waals surface area contributed by atoms with Gasteiger partial charge in [0.25, 0.3) is 0 Å². The molecule has 3 N–H and O–H groups in total. The molecule has 0 aliphatic rings. The zero-order valence-electron chi connectivity index (χ0n) is 12.5. The molecule has 7 heteroatoms. The van der Waals surface area contributed by atoms with Crippen LogP contribution in [0.25, 0.3) is 10.8 Å². The molecule has 24 heavy (non-hydrogen) atoms. The van der Waals surface area contributed by atoms with Gasteiger partial charge < -0.3 is 15.7 Å². The molecule has 0 aliphatic heterocycles.